The van der Waals surface area contributed by atoms with Gasteiger partial charge in [0.05, 0.1) is 19.3 Å². The Hall–Kier alpha value is -1.14. The number of aliphatic carboxylic acids is 1. The van der Waals surface area contributed by atoms with E-state index in [1.54, 1.807) is 14.0 Å². The summed E-state index contributed by atoms with van der Waals surface area (Å²) in [6, 6.07) is -0.413. The zero-order chi connectivity index (χ0) is 12.1. The molecule has 0 spiro atoms. The summed E-state index contributed by atoms with van der Waals surface area (Å²) in [5.41, 5.74) is 0. The Labute approximate surface area is 94.3 Å². The fourth-order valence-corrected chi connectivity index (χ4v) is 1.66. The zero-order valence-electron chi connectivity index (χ0n) is 9.53. The molecule has 0 radical (unpaired) electrons. The molecule has 1 saturated heterocycles. The summed E-state index contributed by atoms with van der Waals surface area (Å²) in [5, 5.41) is 14.5. The van der Waals surface area contributed by atoms with Crippen LogP contribution < -0.4 is 10.6 Å². The van der Waals surface area contributed by atoms with E-state index in [9.17, 15) is 9.59 Å². The highest BCUT2D eigenvalue weighted by molar-refractivity contribution is 5.80. The van der Waals surface area contributed by atoms with Crippen molar-refractivity contribution in [3.05, 3.63) is 0 Å². The van der Waals surface area contributed by atoms with Gasteiger partial charge in [-0.15, -0.1) is 0 Å². The summed E-state index contributed by atoms with van der Waals surface area (Å²) in [4.78, 5) is 22.5. The summed E-state index contributed by atoms with van der Waals surface area (Å²) < 4.78 is 5.06. The van der Waals surface area contributed by atoms with Crippen LogP contribution in [0.5, 0.6) is 0 Å². The molecule has 0 aromatic carbocycles. The fourth-order valence-electron chi connectivity index (χ4n) is 1.66. The number of amides is 1. The Balaban J connectivity index is 2.47. The first-order valence-corrected chi connectivity index (χ1v) is 5.31. The van der Waals surface area contributed by atoms with Gasteiger partial charge in [0, 0.05) is 12.5 Å². The Bertz CT molecular complexity index is 270. The third-order valence-electron chi connectivity index (χ3n) is 2.68. The van der Waals surface area contributed by atoms with Gasteiger partial charge in [0.25, 0.3) is 0 Å². The van der Waals surface area contributed by atoms with Crippen molar-refractivity contribution in [1.82, 2.24) is 10.6 Å². The van der Waals surface area contributed by atoms with Gasteiger partial charge in [-0.3, -0.25) is 9.59 Å². The third-order valence-corrected chi connectivity index (χ3v) is 2.68. The number of ether oxygens (including phenoxy) is 1. The van der Waals surface area contributed by atoms with Crippen LogP contribution in [0.25, 0.3) is 0 Å². The molecule has 16 heavy (non-hydrogen) atoms. The molecule has 0 saturated carbocycles. The average molecular weight is 230 g/mol. The van der Waals surface area contributed by atoms with E-state index in [4.69, 9.17) is 9.84 Å². The first-order chi connectivity index (χ1) is 7.56. The number of carbonyl (C=O) groups excluding carboxylic acids is 1. The van der Waals surface area contributed by atoms with Crippen LogP contribution in [0.1, 0.15) is 6.92 Å². The van der Waals surface area contributed by atoms with Crippen LogP contribution in [0.4, 0.5) is 0 Å². The van der Waals surface area contributed by atoms with Crippen molar-refractivity contribution in [2.24, 2.45) is 11.8 Å². The van der Waals surface area contributed by atoms with E-state index in [1.165, 1.54) is 0 Å². The molecule has 1 aliphatic rings. The van der Waals surface area contributed by atoms with Crippen molar-refractivity contribution < 1.29 is 19.4 Å². The van der Waals surface area contributed by atoms with Gasteiger partial charge in [-0.2, -0.15) is 0 Å². The molecular formula is C10H18N2O4. The van der Waals surface area contributed by atoms with Gasteiger partial charge in [-0.05, 0) is 7.05 Å². The summed E-state index contributed by atoms with van der Waals surface area (Å²) in [7, 11) is 1.77. The normalized spacial score (nSPS) is 26.4. The van der Waals surface area contributed by atoms with Gasteiger partial charge in [-0.1, -0.05) is 6.92 Å². The second-order valence-electron chi connectivity index (χ2n) is 4.06. The minimum absolute atomic E-state index is 0.142. The molecule has 0 aliphatic carbocycles. The van der Waals surface area contributed by atoms with Gasteiger partial charge in [-0.25, -0.2) is 0 Å². The maximum absolute atomic E-state index is 11.7. The molecule has 1 heterocycles. The van der Waals surface area contributed by atoms with Crippen molar-refractivity contribution >= 4 is 11.9 Å². The van der Waals surface area contributed by atoms with Crippen LogP contribution >= 0.6 is 0 Å². The zero-order valence-corrected chi connectivity index (χ0v) is 9.53. The van der Waals surface area contributed by atoms with E-state index < -0.39 is 17.9 Å². The molecule has 1 fully saturated rings. The van der Waals surface area contributed by atoms with Crippen LogP contribution in [0.3, 0.4) is 0 Å². The van der Waals surface area contributed by atoms with E-state index in [-0.39, 0.29) is 25.0 Å². The van der Waals surface area contributed by atoms with Crippen LogP contribution in [0.2, 0.25) is 0 Å². The van der Waals surface area contributed by atoms with Gasteiger partial charge >= 0.3 is 5.97 Å². The number of nitrogens with one attached hydrogen (secondary N) is 2. The number of hydrogen-bond donors (Lipinski definition) is 3. The average Bonchev–Trinajstić information content (AvgIpc) is 2.66. The lowest BCUT2D eigenvalue weighted by molar-refractivity contribution is -0.142. The Kier molecular flexibility index (Phi) is 4.70. The first-order valence-electron chi connectivity index (χ1n) is 5.31. The number of carboxylic acids is 1. The number of rotatable bonds is 5. The largest absolute Gasteiger partial charge is 0.481 e. The predicted octanol–water partition coefficient (Wildman–Crippen LogP) is -0.942. The minimum Gasteiger partial charge on any atom is -0.481 e. The number of carbonyl (C=O) groups is 2. The quantitative estimate of drug-likeness (QED) is 0.567. The summed E-state index contributed by atoms with van der Waals surface area (Å²) in [6.07, 6.45) is 0. The molecule has 3 N–H and O–H groups in total. The second kappa shape index (κ2) is 5.81. The van der Waals surface area contributed by atoms with Gasteiger partial charge in [0.15, 0.2) is 0 Å². The molecule has 0 bridgehead atoms. The Morgan fingerprint density at radius 1 is 1.50 bits per heavy atom. The molecule has 92 valence electrons. The van der Waals surface area contributed by atoms with E-state index in [0.717, 1.165) is 0 Å². The first kappa shape index (κ1) is 12.9. The van der Waals surface area contributed by atoms with E-state index in [1.807, 2.05) is 0 Å². The van der Waals surface area contributed by atoms with Gasteiger partial charge in [0.1, 0.15) is 5.92 Å². The maximum Gasteiger partial charge on any atom is 0.311 e. The summed E-state index contributed by atoms with van der Waals surface area (Å²) in [5.74, 6) is -1.88. The molecule has 6 nitrogen and oxygen atoms in total. The smallest absolute Gasteiger partial charge is 0.311 e. The third kappa shape index (κ3) is 3.18. The molecule has 6 heteroatoms. The van der Waals surface area contributed by atoms with Crippen molar-refractivity contribution in [3.8, 4) is 0 Å². The highest BCUT2D eigenvalue weighted by atomic mass is 16.5. The number of hydrogen-bond acceptors (Lipinski definition) is 4. The standard InChI is InChI=1S/C10H18N2O4/c1-6(3-11-2)9(13)12-8-5-16-4-7(8)10(14)15/h6-8,11H,3-5H2,1-2H3,(H,12,13)(H,14,15). The lowest BCUT2D eigenvalue weighted by atomic mass is 10.0. The molecular weight excluding hydrogens is 212 g/mol. The topological polar surface area (TPSA) is 87.7 Å². The van der Waals surface area contributed by atoms with Gasteiger partial charge < -0.3 is 20.5 Å². The summed E-state index contributed by atoms with van der Waals surface area (Å²) >= 11 is 0. The lowest BCUT2D eigenvalue weighted by Crippen LogP contribution is -2.46. The van der Waals surface area contributed by atoms with Crippen LogP contribution in [0.15, 0.2) is 0 Å². The van der Waals surface area contributed by atoms with Crippen LogP contribution in [-0.4, -0.2) is 49.8 Å². The highest BCUT2D eigenvalue weighted by Crippen LogP contribution is 2.14. The van der Waals surface area contributed by atoms with Crippen LogP contribution in [-0.2, 0) is 14.3 Å². The Morgan fingerprint density at radius 3 is 2.75 bits per heavy atom. The van der Waals surface area contributed by atoms with Crippen molar-refractivity contribution in [3.63, 3.8) is 0 Å². The molecule has 1 aliphatic heterocycles. The fraction of sp³-hybridized carbons (Fsp3) is 0.800. The molecule has 1 amide bonds. The number of carboxylic acid groups (broad SMARTS) is 1. The highest BCUT2D eigenvalue weighted by Gasteiger charge is 2.35. The predicted molar refractivity (Wildman–Crippen MR) is 57.0 cm³/mol. The lowest BCUT2D eigenvalue weighted by Gasteiger charge is -2.18. The second-order valence-corrected chi connectivity index (χ2v) is 4.06. The Morgan fingerprint density at radius 2 is 2.19 bits per heavy atom. The minimum atomic E-state index is -0.927. The molecule has 3 unspecified atom stereocenters. The molecule has 0 aromatic heterocycles. The van der Waals surface area contributed by atoms with Gasteiger partial charge in [0.2, 0.25) is 5.91 Å². The maximum atomic E-state index is 11.7. The SMILES string of the molecule is CNCC(C)C(=O)NC1COCC1C(=O)O. The van der Waals surface area contributed by atoms with E-state index >= 15 is 0 Å². The van der Waals surface area contributed by atoms with Crippen molar-refractivity contribution in [2.75, 3.05) is 26.8 Å². The van der Waals surface area contributed by atoms with E-state index in [0.29, 0.717) is 6.54 Å². The van der Waals surface area contributed by atoms with Crippen LogP contribution in [0, 0.1) is 11.8 Å². The van der Waals surface area contributed by atoms with E-state index in [2.05, 4.69) is 10.6 Å². The van der Waals surface area contributed by atoms with Crippen molar-refractivity contribution in [2.45, 2.75) is 13.0 Å². The molecule has 0 aromatic rings. The van der Waals surface area contributed by atoms with Crippen molar-refractivity contribution in [1.29, 1.82) is 0 Å². The monoisotopic (exact) mass is 230 g/mol. The molecule has 3 atom stereocenters. The molecule has 1 rings (SSSR count). The summed E-state index contributed by atoms with van der Waals surface area (Å²) in [6.45, 7) is 2.80.